The molecule has 0 aliphatic carbocycles. The molecule has 0 saturated heterocycles. The van der Waals surface area contributed by atoms with Gasteiger partial charge >= 0.3 is 5.97 Å². The lowest BCUT2D eigenvalue weighted by Gasteiger charge is -2.25. The van der Waals surface area contributed by atoms with Crippen LogP contribution in [0.25, 0.3) is 0 Å². The Balaban J connectivity index is 2.24. The highest BCUT2D eigenvalue weighted by Gasteiger charge is 2.27. The minimum absolute atomic E-state index is 0.0934. The summed E-state index contributed by atoms with van der Waals surface area (Å²) < 4.78 is 15.9. The Morgan fingerprint density at radius 1 is 0.939 bits per heavy atom. The van der Waals surface area contributed by atoms with Gasteiger partial charge in [0.1, 0.15) is 23.9 Å². The molecule has 1 N–H and O–H groups in total. The van der Waals surface area contributed by atoms with Crippen molar-refractivity contribution in [2.75, 3.05) is 21.3 Å². The van der Waals surface area contributed by atoms with Crippen LogP contribution in [-0.2, 0) is 27.6 Å². The zero-order chi connectivity index (χ0) is 24.4. The first-order valence-electron chi connectivity index (χ1n) is 10.8. The van der Waals surface area contributed by atoms with Crippen molar-refractivity contribution in [2.24, 2.45) is 11.8 Å². The number of carbonyl (C=O) groups is 2. The van der Waals surface area contributed by atoms with Gasteiger partial charge in [-0.05, 0) is 42.2 Å². The summed E-state index contributed by atoms with van der Waals surface area (Å²) in [6.45, 7) is 4.09. The van der Waals surface area contributed by atoms with E-state index in [1.54, 1.807) is 44.6 Å². The van der Waals surface area contributed by atoms with Crippen LogP contribution in [0.2, 0.25) is 0 Å². The molecular formula is C25H33NO7. The van der Waals surface area contributed by atoms with Crippen molar-refractivity contribution in [1.29, 1.82) is 0 Å². The standard InChI is InChI=1S/C25H33NO7/c1-17(2)12-20(25(28)29)13-24(27)26(33-16-18-6-9-21(30-3)10-7-18)15-19-8-11-22(31-4)14-23(19)32-5/h6-11,14,17,20H,12-13,15-16H2,1-5H3,(H,28,29). The monoisotopic (exact) mass is 459 g/mol. The van der Waals surface area contributed by atoms with E-state index in [9.17, 15) is 14.7 Å². The quantitative estimate of drug-likeness (QED) is 0.446. The Hall–Kier alpha value is -3.26. The van der Waals surface area contributed by atoms with Crippen molar-refractivity contribution < 1.29 is 33.7 Å². The lowest BCUT2D eigenvalue weighted by Crippen LogP contribution is -2.34. The number of benzene rings is 2. The Morgan fingerprint density at radius 3 is 2.12 bits per heavy atom. The molecular weight excluding hydrogens is 426 g/mol. The third-order valence-electron chi connectivity index (χ3n) is 5.16. The predicted molar refractivity (Wildman–Crippen MR) is 123 cm³/mol. The molecule has 33 heavy (non-hydrogen) atoms. The number of carboxylic acid groups (broad SMARTS) is 1. The molecule has 0 saturated carbocycles. The van der Waals surface area contributed by atoms with Crippen LogP contribution in [0.4, 0.5) is 0 Å². The Morgan fingerprint density at radius 2 is 1.58 bits per heavy atom. The molecule has 1 unspecified atom stereocenters. The number of rotatable bonds is 13. The molecule has 0 fully saturated rings. The van der Waals surface area contributed by atoms with E-state index in [0.29, 0.717) is 29.2 Å². The number of nitrogens with zero attached hydrogens (tertiary/aromatic N) is 1. The number of methoxy groups -OCH3 is 3. The fraction of sp³-hybridized carbons (Fsp3) is 0.440. The summed E-state index contributed by atoms with van der Waals surface area (Å²) in [4.78, 5) is 30.7. The Bertz CT molecular complexity index is 911. The fourth-order valence-corrected chi connectivity index (χ4v) is 3.37. The lowest BCUT2D eigenvalue weighted by atomic mass is 9.94. The maximum absolute atomic E-state index is 13.1. The molecule has 2 aromatic rings. The first kappa shape index (κ1) is 26.0. The summed E-state index contributed by atoms with van der Waals surface area (Å²) in [6.07, 6.45) is 0.244. The van der Waals surface area contributed by atoms with Crippen LogP contribution < -0.4 is 14.2 Å². The molecule has 8 heteroatoms. The number of ether oxygens (including phenoxy) is 3. The first-order valence-corrected chi connectivity index (χ1v) is 10.8. The van der Waals surface area contributed by atoms with Crippen molar-refractivity contribution in [3.63, 3.8) is 0 Å². The highest BCUT2D eigenvalue weighted by molar-refractivity contribution is 5.81. The van der Waals surface area contributed by atoms with Gasteiger partial charge in [0.15, 0.2) is 0 Å². The maximum atomic E-state index is 13.1. The van der Waals surface area contributed by atoms with Crippen molar-refractivity contribution in [3.8, 4) is 17.2 Å². The van der Waals surface area contributed by atoms with E-state index in [2.05, 4.69) is 0 Å². The number of carboxylic acids is 1. The van der Waals surface area contributed by atoms with Gasteiger partial charge < -0.3 is 19.3 Å². The normalized spacial score (nSPS) is 11.7. The highest BCUT2D eigenvalue weighted by atomic mass is 16.7. The molecule has 0 aromatic heterocycles. The first-order chi connectivity index (χ1) is 15.8. The van der Waals surface area contributed by atoms with Crippen molar-refractivity contribution in [1.82, 2.24) is 5.06 Å². The average molecular weight is 460 g/mol. The number of carbonyl (C=O) groups excluding carboxylic acids is 1. The molecule has 0 spiro atoms. The Kier molecular flexibility index (Phi) is 10.00. The number of aliphatic carboxylic acids is 1. The number of hydrogen-bond donors (Lipinski definition) is 1. The summed E-state index contributed by atoms with van der Waals surface area (Å²) in [5, 5.41) is 10.8. The average Bonchev–Trinajstić information content (AvgIpc) is 2.81. The van der Waals surface area contributed by atoms with Crippen LogP contribution in [0.3, 0.4) is 0 Å². The van der Waals surface area contributed by atoms with E-state index in [1.165, 1.54) is 12.2 Å². The minimum Gasteiger partial charge on any atom is -0.497 e. The predicted octanol–water partition coefficient (Wildman–Crippen LogP) is 4.31. The molecule has 0 radical (unpaired) electrons. The second-order valence-corrected chi connectivity index (χ2v) is 8.10. The van der Waals surface area contributed by atoms with Crippen LogP contribution in [0.5, 0.6) is 17.2 Å². The largest absolute Gasteiger partial charge is 0.497 e. The van der Waals surface area contributed by atoms with E-state index < -0.39 is 17.8 Å². The van der Waals surface area contributed by atoms with E-state index in [4.69, 9.17) is 19.0 Å². The van der Waals surface area contributed by atoms with E-state index in [1.807, 2.05) is 26.0 Å². The Labute approximate surface area is 195 Å². The van der Waals surface area contributed by atoms with Gasteiger partial charge in [-0.25, -0.2) is 5.06 Å². The smallest absolute Gasteiger partial charge is 0.307 e. The summed E-state index contributed by atoms with van der Waals surface area (Å²) in [5.74, 6) is -0.166. The third-order valence-corrected chi connectivity index (χ3v) is 5.16. The van der Waals surface area contributed by atoms with Gasteiger partial charge in [0.2, 0.25) is 5.91 Å². The number of hydrogen-bond acceptors (Lipinski definition) is 6. The van der Waals surface area contributed by atoms with Crippen molar-refractivity contribution >= 4 is 11.9 Å². The zero-order valence-electron chi connectivity index (χ0n) is 19.9. The zero-order valence-corrected chi connectivity index (χ0v) is 19.9. The van der Waals surface area contributed by atoms with E-state index in [0.717, 1.165) is 5.56 Å². The second-order valence-electron chi connectivity index (χ2n) is 8.10. The van der Waals surface area contributed by atoms with Gasteiger partial charge in [-0.1, -0.05) is 26.0 Å². The molecule has 0 bridgehead atoms. The second kappa shape index (κ2) is 12.7. The highest BCUT2D eigenvalue weighted by Crippen LogP contribution is 2.27. The molecule has 8 nitrogen and oxygen atoms in total. The molecule has 0 aliphatic heterocycles. The molecule has 1 amide bonds. The van der Waals surface area contributed by atoms with Crippen LogP contribution in [-0.4, -0.2) is 43.4 Å². The van der Waals surface area contributed by atoms with Gasteiger partial charge in [0.05, 0.1) is 33.8 Å². The van der Waals surface area contributed by atoms with Crippen molar-refractivity contribution in [3.05, 3.63) is 53.6 Å². The molecule has 0 heterocycles. The van der Waals surface area contributed by atoms with Crippen LogP contribution in [0, 0.1) is 11.8 Å². The SMILES string of the molecule is COc1ccc(CON(Cc2ccc(OC)cc2OC)C(=O)CC(CC(C)C)C(=O)O)cc1. The number of hydroxylamine groups is 2. The lowest BCUT2D eigenvalue weighted by molar-refractivity contribution is -0.197. The fourth-order valence-electron chi connectivity index (χ4n) is 3.37. The summed E-state index contributed by atoms with van der Waals surface area (Å²) in [6, 6.07) is 12.6. The maximum Gasteiger partial charge on any atom is 0.307 e. The van der Waals surface area contributed by atoms with Gasteiger partial charge in [-0.15, -0.1) is 0 Å². The molecule has 0 aliphatic rings. The summed E-state index contributed by atoms with van der Waals surface area (Å²) in [5.41, 5.74) is 1.55. The molecule has 2 aromatic carbocycles. The van der Waals surface area contributed by atoms with Crippen LogP contribution in [0.15, 0.2) is 42.5 Å². The number of amides is 1. The van der Waals surface area contributed by atoms with Gasteiger partial charge in [-0.2, -0.15) is 0 Å². The molecule has 180 valence electrons. The molecule has 2 rings (SSSR count). The van der Waals surface area contributed by atoms with Gasteiger partial charge in [0, 0.05) is 18.1 Å². The minimum atomic E-state index is -0.991. The topological polar surface area (TPSA) is 94.5 Å². The van der Waals surface area contributed by atoms with Gasteiger partial charge in [-0.3, -0.25) is 14.4 Å². The third kappa shape index (κ3) is 7.98. The van der Waals surface area contributed by atoms with E-state index in [-0.39, 0.29) is 25.5 Å². The van der Waals surface area contributed by atoms with Crippen LogP contribution in [0.1, 0.15) is 37.8 Å². The van der Waals surface area contributed by atoms with Crippen molar-refractivity contribution in [2.45, 2.75) is 39.8 Å². The molecule has 1 atom stereocenters. The van der Waals surface area contributed by atoms with E-state index >= 15 is 0 Å². The van der Waals surface area contributed by atoms with Crippen LogP contribution >= 0.6 is 0 Å². The van der Waals surface area contributed by atoms with Gasteiger partial charge in [0.25, 0.3) is 0 Å². The summed E-state index contributed by atoms with van der Waals surface area (Å²) in [7, 11) is 4.68. The summed E-state index contributed by atoms with van der Waals surface area (Å²) >= 11 is 0.